The van der Waals surface area contributed by atoms with Crippen molar-refractivity contribution >= 4 is 17.6 Å². The normalized spacial score (nSPS) is 15.4. The quantitative estimate of drug-likeness (QED) is 0.229. The maximum absolute atomic E-state index is 11.2. The highest BCUT2D eigenvalue weighted by molar-refractivity contribution is 6.30. The minimum Gasteiger partial charge on any atom is -0.492 e. The van der Waals surface area contributed by atoms with Crippen molar-refractivity contribution < 1.29 is 19.4 Å². The Morgan fingerprint density at radius 3 is 2.46 bits per heavy atom. The van der Waals surface area contributed by atoms with E-state index in [1.54, 1.807) is 31.4 Å². The van der Waals surface area contributed by atoms with Crippen LogP contribution >= 0.6 is 11.6 Å². The number of methoxy groups -OCH3 is 1. The van der Waals surface area contributed by atoms with Crippen molar-refractivity contribution in [3.63, 3.8) is 0 Å². The molecule has 198 valence electrons. The molecule has 0 bridgehead atoms. The summed E-state index contributed by atoms with van der Waals surface area (Å²) in [6.45, 7) is 5.50. The third-order valence-corrected chi connectivity index (χ3v) is 6.45. The van der Waals surface area contributed by atoms with Crippen LogP contribution < -0.4 is 21.1 Å². The summed E-state index contributed by atoms with van der Waals surface area (Å²) in [7, 11) is 1.62. The van der Waals surface area contributed by atoms with Gasteiger partial charge in [0.1, 0.15) is 18.0 Å². The highest BCUT2D eigenvalue weighted by atomic mass is 35.5. The van der Waals surface area contributed by atoms with E-state index >= 15 is 0 Å². The van der Waals surface area contributed by atoms with Gasteiger partial charge in [-0.2, -0.15) is 0 Å². The van der Waals surface area contributed by atoms with E-state index in [-0.39, 0.29) is 17.6 Å². The Morgan fingerprint density at radius 1 is 1.19 bits per heavy atom. The van der Waals surface area contributed by atoms with Gasteiger partial charge >= 0.3 is 5.97 Å². The summed E-state index contributed by atoms with van der Waals surface area (Å²) in [6.07, 6.45) is 4.23. The van der Waals surface area contributed by atoms with E-state index in [0.717, 1.165) is 24.2 Å². The molecule has 5 N–H and O–H groups in total. The molecule has 1 saturated carbocycles. The lowest BCUT2D eigenvalue weighted by molar-refractivity contribution is 0.0696. The van der Waals surface area contributed by atoms with Crippen LogP contribution in [-0.2, 0) is 11.3 Å². The number of ether oxygens (including phenoxy) is 2. The molecule has 3 rings (SSSR count). The second-order valence-electron chi connectivity index (χ2n) is 9.61. The standard InChI is InChI=1S/C29H36ClN3O4/c1-29(2,36-3)15-14-24(31)18-26(33-19-20-4-6-22(7-5-20)28(34)35)27(21-8-9-21)32-16-17-37-25-12-10-23(30)11-13-25/h4-7,10-13,18,21,26-27,32-33H,8-9,16-17,19,31H2,1-3H3,(H,34,35)/b24-18+. The van der Waals surface area contributed by atoms with Crippen molar-refractivity contribution in [3.05, 3.63) is 76.5 Å². The van der Waals surface area contributed by atoms with E-state index in [2.05, 4.69) is 22.5 Å². The molecule has 2 aromatic carbocycles. The van der Waals surface area contributed by atoms with E-state index in [4.69, 9.17) is 31.9 Å². The van der Waals surface area contributed by atoms with Gasteiger partial charge in [-0.25, -0.2) is 4.79 Å². The van der Waals surface area contributed by atoms with Gasteiger partial charge in [-0.3, -0.25) is 0 Å². The molecule has 0 spiro atoms. The van der Waals surface area contributed by atoms with Crippen LogP contribution in [0.5, 0.6) is 5.75 Å². The fourth-order valence-corrected chi connectivity index (χ4v) is 3.89. The lowest BCUT2D eigenvalue weighted by Gasteiger charge is -2.27. The Bertz CT molecular complexity index is 1120. The third kappa shape index (κ3) is 9.75. The van der Waals surface area contributed by atoms with Crippen LogP contribution in [0.15, 0.2) is 60.3 Å². The second-order valence-corrected chi connectivity index (χ2v) is 10.1. The first kappa shape index (κ1) is 28.5. The molecule has 0 amide bonds. The molecular weight excluding hydrogens is 490 g/mol. The zero-order chi connectivity index (χ0) is 26.8. The van der Waals surface area contributed by atoms with Gasteiger partial charge in [-0.05, 0) is 86.6 Å². The van der Waals surface area contributed by atoms with Gasteiger partial charge in [0.05, 0.1) is 11.3 Å². The van der Waals surface area contributed by atoms with Crippen LogP contribution in [0.3, 0.4) is 0 Å². The lowest BCUT2D eigenvalue weighted by atomic mass is 10.0. The molecule has 0 heterocycles. The summed E-state index contributed by atoms with van der Waals surface area (Å²) in [4.78, 5) is 11.2. The number of rotatable bonds is 13. The average Bonchev–Trinajstić information content (AvgIpc) is 3.72. The van der Waals surface area contributed by atoms with Crippen molar-refractivity contribution in [2.75, 3.05) is 20.3 Å². The number of carboxylic acids is 1. The maximum Gasteiger partial charge on any atom is 0.335 e. The Morgan fingerprint density at radius 2 is 1.86 bits per heavy atom. The van der Waals surface area contributed by atoms with Gasteiger partial charge in [-0.15, -0.1) is 0 Å². The fraction of sp³-hybridized carbons (Fsp3) is 0.414. The maximum atomic E-state index is 11.2. The van der Waals surface area contributed by atoms with E-state index in [9.17, 15) is 4.79 Å². The van der Waals surface area contributed by atoms with Crippen LogP contribution in [0.4, 0.5) is 0 Å². The van der Waals surface area contributed by atoms with Crippen LogP contribution in [0.25, 0.3) is 0 Å². The van der Waals surface area contributed by atoms with E-state index < -0.39 is 11.6 Å². The number of nitrogens with one attached hydrogen (secondary N) is 2. The average molecular weight is 526 g/mol. The molecule has 1 aliphatic carbocycles. The van der Waals surface area contributed by atoms with Crippen LogP contribution in [0.2, 0.25) is 5.02 Å². The Labute approximate surface area is 224 Å². The van der Waals surface area contributed by atoms with Crippen molar-refractivity contribution in [1.29, 1.82) is 0 Å². The first-order chi connectivity index (χ1) is 17.7. The van der Waals surface area contributed by atoms with Crippen LogP contribution in [0, 0.1) is 17.8 Å². The topological polar surface area (TPSA) is 106 Å². The van der Waals surface area contributed by atoms with Crippen molar-refractivity contribution in [3.8, 4) is 17.6 Å². The fourth-order valence-electron chi connectivity index (χ4n) is 3.77. The summed E-state index contributed by atoms with van der Waals surface area (Å²) >= 11 is 5.95. The Hall–Kier alpha value is -3.02. The van der Waals surface area contributed by atoms with Gasteiger partial charge in [0.15, 0.2) is 0 Å². The molecule has 2 aromatic rings. The minimum atomic E-state index is -0.940. The summed E-state index contributed by atoms with van der Waals surface area (Å²) in [5.41, 5.74) is 7.44. The molecule has 1 aliphatic rings. The van der Waals surface area contributed by atoms with Gasteiger partial charge in [0.25, 0.3) is 0 Å². The Balaban J connectivity index is 1.70. The van der Waals surface area contributed by atoms with Crippen molar-refractivity contribution in [1.82, 2.24) is 10.6 Å². The number of nitrogens with two attached hydrogens (primary N) is 1. The molecule has 0 saturated heterocycles. The van der Waals surface area contributed by atoms with Crippen molar-refractivity contribution in [2.45, 2.75) is 50.9 Å². The van der Waals surface area contributed by atoms with E-state index in [0.29, 0.717) is 36.3 Å². The smallest absolute Gasteiger partial charge is 0.335 e. The number of carbonyl (C=O) groups is 1. The molecule has 7 nitrogen and oxygen atoms in total. The van der Waals surface area contributed by atoms with Gasteiger partial charge in [-0.1, -0.05) is 29.7 Å². The molecule has 2 unspecified atom stereocenters. The van der Waals surface area contributed by atoms with E-state index in [1.165, 1.54) is 0 Å². The number of halogens is 1. The molecule has 1 fully saturated rings. The summed E-state index contributed by atoms with van der Waals surface area (Å²) in [5, 5.41) is 17.1. The predicted octanol–water partition coefficient (Wildman–Crippen LogP) is 4.21. The molecule has 2 atom stereocenters. The Kier molecular flexibility index (Phi) is 10.4. The SMILES string of the molecule is COC(C)(C)C#C/C(N)=C\C(NCc1ccc(C(=O)O)cc1)C(NCCOc1ccc(Cl)cc1)C1CC1. The molecule has 37 heavy (non-hydrogen) atoms. The number of allylic oxidation sites excluding steroid dienone is 1. The number of hydrogen-bond acceptors (Lipinski definition) is 6. The second kappa shape index (κ2) is 13.5. The summed E-state index contributed by atoms with van der Waals surface area (Å²) < 4.78 is 11.2. The van der Waals surface area contributed by atoms with Gasteiger partial charge in [0, 0.05) is 37.3 Å². The monoisotopic (exact) mass is 525 g/mol. The summed E-state index contributed by atoms with van der Waals surface area (Å²) in [6, 6.07) is 14.2. The highest BCUT2D eigenvalue weighted by Gasteiger charge is 2.35. The number of hydrogen-bond donors (Lipinski definition) is 4. The van der Waals surface area contributed by atoms with Crippen LogP contribution in [0.1, 0.15) is 42.6 Å². The first-order valence-electron chi connectivity index (χ1n) is 12.4. The summed E-state index contributed by atoms with van der Waals surface area (Å²) in [5.74, 6) is 6.43. The number of benzene rings is 2. The zero-order valence-corrected chi connectivity index (χ0v) is 22.3. The molecule has 0 radical (unpaired) electrons. The van der Waals surface area contributed by atoms with Gasteiger partial charge in [0.2, 0.25) is 0 Å². The minimum absolute atomic E-state index is 0.0952. The third-order valence-electron chi connectivity index (χ3n) is 6.20. The highest BCUT2D eigenvalue weighted by Crippen LogP contribution is 2.34. The zero-order valence-electron chi connectivity index (χ0n) is 21.6. The molecule has 0 aliphatic heterocycles. The number of carboxylic acid groups (broad SMARTS) is 1. The van der Waals surface area contributed by atoms with Crippen LogP contribution in [-0.4, -0.2) is 49.0 Å². The first-order valence-corrected chi connectivity index (χ1v) is 12.8. The molecule has 0 aromatic heterocycles. The molecular formula is C29H36ClN3O4. The number of aromatic carboxylic acids is 1. The van der Waals surface area contributed by atoms with E-state index in [1.807, 2.05) is 44.2 Å². The predicted molar refractivity (Wildman–Crippen MR) is 147 cm³/mol. The molecule has 8 heteroatoms. The van der Waals surface area contributed by atoms with Crippen molar-refractivity contribution in [2.24, 2.45) is 11.7 Å². The van der Waals surface area contributed by atoms with Gasteiger partial charge < -0.3 is 30.9 Å². The lowest BCUT2D eigenvalue weighted by Crippen LogP contribution is -2.49. The largest absolute Gasteiger partial charge is 0.492 e.